The van der Waals surface area contributed by atoms with Gasteiger partial charge in [-0.3, -0.25) is 0 Å². The maximum absolute atomic E-state index is 5.77. The Labute approximate surface area is 115 Å². The molecule has 18 heavy (non-hydrogen) atoms. The summed E-state index contributed by atoms with van der Waals surface area (Å²) in [6.45, 7) is 12.0. The number of ether oxygens (including phenoxy) is 3. The first-order chi connectivity index (χ1) is 8.42. The quantitative estimate of drug-likeness (QED) is 0.453. The van der Waals surface area contributed by atoms with Gasteiger partial charge in [-0.15, -0.1) is 0 Å². The molecule has 0 rings (SSSR count). The molecule has 0 bridgehead atoms. The third-order valence-corrected chi connectivity index (χ3v) is 3.14. The first-order valence-electron chi connectivity index (χ1n) is 6.81. The van der Waals surface area contributed by atoms with Crippen LogP contribution in [0.3, 0.4) is 0 Å². The van der Waals surface area contributed by atoms with Crippen LogP contribution in [0.2, 0.25) is 0 Å². The molecule has 0 aromatic heterocycles. The molecule has 5 heteroatoms. The van der Waals surface area contributed by atoms with E-state index in [1.165, 1.54) is 0 Å². The van der Waals surface area contributed by atoms with Gasteiger partial charge in [0.15, 0.2) is 0 Å². The monoisotopic (exact) mass is 275 g/mol. The van der Waals surface area contributed by atoms with Gasteiger partial charge in [-0.05, 0) is 40.0 Å². The summed E-state index contributed by atoms with van der Waals surface area (Å²) in [6.07, 6.45) is 1.02. The van der Waals surface area contributed by atoms with E-state index < -0.39 is 6.16 Å². The van der Waals surface area contributed by atoms with Gasteiger partial charge >= 0.3 is 6.16 Å². The Bertz CT molecular complexity index is 182. The second-order valence-corrected chi connectivity index (χ2v) is 4.82. The minimum absolute atomic E-state index is 0.0190. The zero-order valence-electron chi connectivity index (χ0n) is 12.5. The van der Waals surface area contributed by atoms with Crippen molar-refractivity contribution in [3.63, 3.8) is 0 Å². The van der Waals surface area contributed by atoms with Gasteiger partial charge in [-0.1, -0.05) is 20.8 Å². The van der Waals surface area contributed by atoms with E-state index >= 15 is 0 Å². The molecule has 0 aromatic carbocycles. The zero-order chi connectivity index (χ0) is 14.2. The third-order valence-electron chi connectivity index (χ3n) is 2.89. The Hall–Kier alpha value is 0.0569. The minimum Gasteiger partial charge on any atom is -0.347 e. The topological polar surface area (TPSA) is 36.9 Å². The van der Waals surface area contributed by atoms with Gasteiger partial charge in [0, 0.05) is 0 Å². The van der Waals surface area contributed by atoms with Crippen LogP contribution in [0.1, 0.15) is 60.8 Å². The molecule has 0 spiro atoms. The SMILES string of the molecule is CCC(C)OC(O[Si])(OC(C)CC)OC(C)CC. The molecule has 4 nitrogen and oxygen atoms in total. The molecule has 0 aromatic rings. The lowest BCUT2D eigenvalue weighted by atomic mass is 10.3. The number of hydrogen-bond acceptors (Lipinski definition) is 4. The molecule has 0 amide bonds. The highest BCUT2D eigenvalue weighted by molar-refractivity contribution is 5.98. The summed E-state index contributed by atoms with van der Waals surface area (Å²) in [5.41, 5.74) is 0. The van der Waals surface area contributed by atoms with E-state index in [1.807, 2.05) is 41.5 Å². The summed E-state index contributed by atoms with van der Waals surface area (Å²) in [6, 6.07) is 0. The molecule has 0 fully saturated rings. The summed E-state index contributed by atoms with van der Waals surface area (Å²) in [5, 5.41) is 0. The van der Waals surface area contributed by atoms with Crippen LogP contribution in [0.4, 0.5) is 0 Å². The molecule has 0 N–H and O–H groups in total. The molecule has 3 unspecified atom stereocenters. The van der Waals surface area contributed by atoms with Crippen molar-refractivity contribution in [2.45, 2.75) is 85.3 Å². The van der Waals surface area contributed by atoms with Crippen molar-refractivity contribution in [2.75, 3.05) is 0 Å². The normalized spacial score (nSPS) is 20.2. The van der Waals surface area contributed by atoms with Crippen molar-refractivity contribution < 1.29 is 18.6 Å². The van der Waals surface area contributed by atoms with Gasteiger partial charge in [-0.25, -0.2) is 0 Å². The Kier molecular flexibility index (Phi) is 9.07. The van der Waals surface area contributed by atoms with E-state index in [4.69, 9.17) is 18.6 Å². The maximum atomic E-state index is 5.77. The van der Waals surface area contributed by atoms with Crippen LogP contribution >= 0.6 is 0 Å². The van der Waals surface area contributed by atoms with Crippen LogP contribution in [0.15, 0.2) is 0 Å². The van der Waals surface area contributed by atoms with E-state index in [-0.39, 0.29) is 18.3 Å². The van der Waals surface area contributed by atoms with Gasteiger partial charge in [0.2, 0.25) is 0 Å². The second kappa shape index (κ2) is 9.04. The van der Waals surface area contributed by atoms with Crippen LogP contribution < -0.4 is 0 Å². The Morgan fingerprint density at radius 1 is 0.778 bits per heavy atom. The fourth-order valence-corrected chi connectivity index (χ4v) is 1.29. The second-order valence-electron chi connectivity index (χ2n) is 4.61. The molecular formula is C13H27O4Si. The Morgan fingerprint density at radius 3 is 1.22 bits per heavy atom. The smallest absolute Gasteiger partial charge is 0.347 e. The lowest BCUT2D eigenvalue weighted by molar-refractivity contribution is -0.497. The summed E-state index contributed by atoms with van der Waals surface area (Å²) in [7, 11) is 3.02. The van der Waals surface area contributed by atoms with E-state index in [0.717, 1.165) is 19.3 Å². The summed E-state index contributed by atoms with van der Waals surface area (Å²) < 4.78 is 22.5. The van der Waals surface area contributed by atoms with Crippen molar-refractivity contribution in [1.82, 2.24) is 0 Å². The molecule has 3 atom stereocenters. The highest BCUT2D eigenvalue weighted by atomic mass is 28.2. The average molecular weight is 275 g/mol. The van der Waals surface area contributed by atoms with Gasteiger partial charge in [0.1, 0.15) is 0 Å². The Morgan fingerprint density at radius 2 is 1.06 bits per heavy atom. The summed E-state index contributed by atoms with van der Waals surface area (Å²) in [4.78, 5) is 0. The van der Waals surface area contributed by atoms with Crippen molar-refractivity contribution in [3.8, 4) is 0 Å². The third kappa shape index (κ3) is 6.29. The lowest BCUT2D eigenvalue weighted by Crippen LogP contribution is -2.47. The minimum atomic E-state index is -1.48. The maximum Gasteiger partial charge on any atom is 0.403 e. The first kappa shape index (κ1) is 18.1. The average Bonchev–Trinajstić information content (AvgIpc) is 2.37. The van der Waals surface area contributed by atoms with Gasteiger partial charge in [0.05, 0.1) is 18.3 Å². The fourth-order valence-electron chi connectivity index (χ4n) is 1.14. The molecule has 0 heterocycles. The summed E-state index contributed by atoms with van der Waals surface area (Å²) >= 11 is 0. The van der Waals surface area contributed by atoms with Crippen molar-refractivity contribution >= 4 is 10.5 Å². The van der Waals surface area contributed by atoms with Crippen LogP contribution in [-0.2, 0) is 18.6 Å². The molecule has 0 saturated carbocycles. The summed E-state index contributed by atoms with van der Waals surface area (Å²) in [5.74, 6) is 0. The van der Waals surface area contributed by atoms with Gasteiger partial charge in [0.25, 0.3) is 10.5 Å². The van der Waals surface area contributed by atoms with E-state index in [0.29, 0.717) is 0 Å². The van der Waals surface area contributed by atoms with E-state index in [2.05, 4.69) is 10.5 Å². The highest BCUT2D eigenvalue weighted by Gasteiger charge is 2.38. The van der Waals surface area contributed by atoms with E-state index in [1.54, 1.807) is 0 Å². The molecule has 107 valence electrons. The first-order valence-corrected chi connectivity index (χ1v) is 7.21. The number of hydrogen-bond donors (Lipinski definition) is 0. The highest BCUT2D eigenvalue weighted by Crippen LogP contribution is 2.25. The predicted molar refractivity (Wildman–Crippen MR) is 72.1 cm³/mol. The standard InChI is InChI=1S/C13H27O4Si/c1-7-10(4)14-13(17-18,15-11(5)8-2)16-12(6)9-3/h10-12H,7-9H2,1-6H3. The van der Waals surface area contributed by atoms with Crippen LogP contribution in [-0.4, -0.2) is 35.0 Å². The molecule has 0 saturated heterocycles. The van der Waals surface area contributed by atoms with Gasteiger partial charge in [-0.2, -0.15) is 0 Å². The predicted octanol–water partition coefficient (Wildman–Crippen LogP) is 3.14. The fraction of sp³-hybridized carbons (Fsp3) is 1.00. The molecular weight excluding hydrogens is 248 g/mol. The molecule has 0 aliphatic heterocycles. The van der Waals surface area contributed by atoms with Crippen molar-refractivity contribution in [2.24, 2.45) is 0 Å². The molecule has 0 aliphatic carbocycles. The molecule has 3 radical (unpaired) electrons. The van der Waals surface area contributed by atoms with Crippen LogP contribution in [0.5, 0.6) is 0 Å². The molecule has 0 aliphatic rings. The van der Waals surface area contributed by atoms with Crippen molar-refractivity contribution in [3.05, 3.63) is 0 Å². The van der Waals surface area contributed by atoms with E-state index in [9.17, 15) is 0 Å². The van der Waals surface area contributed by atoms with Gasteiger partial charge < -0.3 is 18.6 Å². The largest absolute Gasteiger partial charge is 0.403 e. The van der Waals surface area contributed by atoms with Crippen LogP contribution in [0.25, 0.3) is 0 Å². The lowest BCUT2D eigenvalue weighted by Gasteiger charge is -2.37. The zero-order valence-corrected chi connectivity index (χ0v) is 13.5. The Balaban J connectivity index is 4.81. The number of rotatable bonds is 10. The van der Waals surface area contributed by atoms with Crippen molar-refractivity contribution in [1.29, 1.82) is 0 Å². The van der Waals surface area contributed by atoms with Crippen LogP contribution in [0, 0.1) is 0 Å².